The topological polar surface area (TPSA) is 82.8 Å². The Bertz CT molecular complexity index is 453. The van der Waals surface area contributed by atoms with Crippen LogP contribution in [0.3, 0.4) is 0 Å². The minimum atomic E-state index is -3.51. The van der Waals surface area contributed by atoms with E-state index in [1.54, 1.807) is 6.07 Å². The van der Waals surface area contributed by atoms with Crippen molar-refractivity contribution in [3.63, 3.8) is 0 Å². The second kappa shape index (κ2) is 5.63. The SMILES string of the molecule is CC(CO)NCc1ccc(S(=O)(=O)N(C)C)o1. The molecule has 1 unspecified atom stereocenters. The van der Waals surface area contributed by atoms with Crippen LogP contribution in [0.2, 0.25) is 0 Å². The number of hydrogen-bond donors (Lipinski definition) is 2. The van der Waals surface area contributed by atoms with E-state index in [0.717, 1.165) is 4.31 Å². The van der Waals surface area contributed by atoms with E-state index in [0.29, 0.717) is 12.3 Å². The summed E-state index contributed by atoms with van der Waals surface area (Å²) in [4.78, 5) is 0. The summed E-state index contributed by atoms with van der Waals surface area (Å²) in [5.74, 6) is 0.519. The van der Waals surface area contributed by atoms with Crippen LogP contribution in [0.15, 0.2) is 21.6 Å². The normalized spacial score (nSPS) is 14.2. The summed E-state index contributed by atoms with van der Waals surface area (Å²) in [6, 6.07) is 2.97. The first-order valence-corrected chi connectivity index (χ1v) is 6.67. The molecule has 1 aromatic rings. The number of sulfonamides is 1. The van der Waals surface area contributed by atoms with Crippen LogP contribution in [0, 0.1) is 0 Å². The molecule has 0 aliphatic carbocycles. The van der Waals surface area contributed by atoms with Crippen LogP contribution in [-0.4, -0.2) is 44.6 Å². The zero-order chi connectivity index (χ0) is 13.1. The maximum Gasteiger partial charge on any atom is 0.275 e. The van der Waals surface area contributed by atoms with E-state index in [1.807, 2.05) is 6.92 Å². The van der Waals surface area contributed by atoms with Gasteiger partial charge < -0.3 is 14.8 Å². The van der Waals surface area contributed by atoms with Gasteiger partial charge in [-0.2, -0.15) is 0 Å². The van der Waals surface area contributed by atoms with E-state index in [2.05, 4.69) is 5.32 Å². The van der Waals surface area contributed by atoms with Crippen molar-refractivity contribution in [1.29, 1.82) is 0 Å². The van der Waals surface area contributed by atoms with E-state index in [4.69, 9.17) is 9.52 Å². The number of hydrogen-bond acceptors (Lipinski definition) is 5. The van der Waals surface area contributed by atoms with Crippen LogP contribution in [0.1, 0.15) is 12.7 Å². The highest BCUT2D eigenvalue weighted by atomic mass is 32.2. The highest BCUT2D eigenvalue weighted by Gasteiger charge is 2.21. The van der Waals surface area contributed by atoms with E-state index < -0.39 is 10.0 Å². The summed E-state index contributed by atoms with van der Waals surface area (Å²) < 4.78 is 29.8. The summed E-state index contributed by atoms with van der Waals surface area (Å²) in [6.45, 7) is 2.22. The van der Waals surface area contributed by atoms with Crippen molar-refractivity contribution < 1.29 is 17.9 Å². The third-order valence-electron chi connectivity index (χ3n) is 2.27. The molecule has 17 heavy (non-hydrogen) atoms. The molecule has 1 rings (SSSR count). The van der Waals surface area contributed by atoms with Crippen molar-refractivity contribution >= 4 is 10.0 Å². The van der Waals surface area contributed by atoms with Gasteiger partial charge in [-0.05, 0) is 19.1 Å². The average molecular weight is 262 g/mol. The van der Waals surface area contributed by atoms with E-state index in [1.165, 1.54) is 20.2 Å². The lowest BCUT2D eigenvalue weighted by Crippen LogP contribution is -2.28. The molecule has 1 atom stereocenters. The molecule has 0 radical (unpaired) electrons. The standard InChI is InChI=1S/C10H18N2O4S/c1-8(7-13)11-6-9-4-5-10(16-9)17(14,15)12(2)3/h4-5,8,11,13H,6-7H2,1-3H3. The van der Waals surface area contributed by atoms with Gasteiger partial charge in [0.25, 0.3) is 10.0 Å². The number of furan rings is 1. The van der Waals surface area contributed by atoms with Crippen molar-refractivity contribution in [1.82, 2.24) is 9.62 Å². The first kappa shape index (κ1) is 14.2. The number of aliphatic hydroxyl groups is 1. The molecule has 0 aliphatic rings. The molecule has 0 amide bonds. The van der Waals surface area contributed by atoms with Crippen LogP contribution in [0.4, 0.5) is 0 Å². The Labute approximate surface area is 101 Å². The molecule has 6 nitrogen and oxygen atoms in total. The van der Waals surface area contributed by atoms with Gasteiger partial charge in [0.2, 0.25) is 5.09 Å². The Balaban J connectivity index is 2.73. The van der Waals surface area contributed by atoms with Gasteiger partial charge in [-0.15, -0.1) is 0 Å². The number of nitrogens with zero attached hydrogens (tertiary/aromatic N) is 1. The van der Waals surface area contributed by atoms with Crippen LogP contribution in [0.5, 0.6) is 0 Å². The van der Waals surface area contributed by atoms with Gasteiger partial charge in [0, 0.05) is 20.1 Å². The average Bonchev–Trinajstić information content (AvgIpc) is 2.74. The monoisotopic (exact) mass is 262 g/mol. The fraction of sp³-hybridized carbons (Fsp3) is 0.600. The fourth-order valence-corrected chi connectivity index (χ4v) is 1.92. The molecule has 7 heteroatoms. The molecule has 0 aromatic carbocycles. The number of nitrogens with one attached hydrogen (secondary N) is 1. The maximum atomic E-state index is 11.7. The lowest BCUT2D eigenvalue weighted by molar-refractivity contribution is 0.247. The van der Waals surface area contributed by atoms with Crippen molar-refractivity contribution in [2.45, 2.75) is 24.6 Å². The Morgan fingerprint density at radius 3 is 2.65 bits per heavy atom. The third-order valence-corrected chi connectivity index (χ3v) is 3.96. The number of rotatable bonds is 6. The van der Waals surface area contributed by atoms with Crippen molar-refractivity contribution in [3.8, 4) is 0 Å². The maximum absolute atomic E-state index is 11.7. The largest absolute Gasteiger partial charge is 0.447 e. The van der Waals surface area contributed by atoms with Crippen LogP contribution in [-0.2, 0) is 16.6 Å². The lowest BCUT2D eigenvalue weighted by Gasteiger charge is -2.09. The van der Waals surface area contributed by atoms with Gasteiger partial charge in [-0.25, -0.2) is 12.7 Å². The number of aliphatic hydroxyl groups excluding tert-OH is 1. The highest BCUT2D eigenvalue weighted by molar-refractivity contribution is 7.88. The summed E-state index contributed by atoms with van der Waals surface area (Å²) >= 11 is 0. The molecule has 0 bridgehead atoms. The minimum Gasteiger partial charge on any atom is -0.447 e. The predicted octanol–water partition coefficient (Wildman–Crippen LogP) is 0.000300. The van der Waals surface area contributed by atoms with E-state index in [9.17, 15) is 8.42 Å². The Morgan fingerprint density at radius 1 is 1.47 bits per heavy atom. The van der Waals surface area contributed by atoms with Gasteiger partial charge in [0.05, 0.1) is 13.2 Å². The molecular formula is C10H18N2O4S. The summed E-state index contributed by atoms with van der Waals surface area (Å²) in [7, 11) is -0.615. The highest BCUT2D eigenvalue weighted by Crippen LogP contribution is 2.16. The zero-order valence-electron chi connectivity index (χ0n) is 10.2. The second-order valence-electron chi connectivity index (χ2n) is 3.97. The van der Waals surface area contributed by atoms with Gasteiger partial charge in [-0.1, -0.05) is 0 Å². The van der Waals surface area contributed by atoms with E-state index in [-0.39, 0.29) is 17.7 Å². The molecule has 0 spiro atoms. The summed E-state index contributed by atoms with van der Waals surface area (Å²) in [5.41, 5.74) is 0. The lowest BCUT2D eigenvalue weighted by atomic mass is 10.3. The van der Waals surface area contributed by atoms with Crippen molar-refractivity contribution in [3.05, 3.63) is 17.9 Å². The predicted molar refractivity (Wildman–Crippen MR) is 63.0 cm³/mol. The first-order chi connectivity index (χ1) is 7.87. The molecule has 98 valence electrons. The quantitative estimate of drug-likeness (QED) is 0.754. The molecule has 0 fully saturated rings. The van der Waals surface area contributed by atoms with Crippen LogP contribution in [0.25, 0.3) is 0 Å². The molecule has 0 saturated carbocycles. The Morgan fingerprint density at radius 2 is 2.12 bits per heavy atom. The van der Waals surface area contributed by atoms with Crippen molar-refractivity contribution in [2.75, 3.05) is 20.7 Å². The van der Waals surface area contributed by atoms with Gasteiger partial charge in [-0.3, -0.25) is 0 Å². The third kappa shape index (κ3) is 3.53. The Hall–Kier alpha value is -0.890. The minimum absolute atomic E-state index is 0.0174. The Kier molecular flexibility index (Phi) is 4.70. The summed E-state index contributed by atoms with van der Waals surface area (Å²) in [6.07, 6.45) is 0. The second-order valence-corrected chi connectivity index (χ2v) is 6.06. The molecule has 1 aromatic heterocycles. The zero-order valence-corrected chi connectivity index (χ0v) is 11.0. The molecule has 2 N–H and O–H groups in total. The molecule has 1 heterocycles. The smallest absolute Gasteiger partial charge is 0.275 e. The summed E-state index contributed by atoms with van der Waals surface area (Å²) in [5, 5.41) is 11.7. The first-order valence-electron chi connectivity index (χ1n) is 5.23. The molecule has 0 saturated heterocycles. The molecular weight excluding hydrogens is 244 g/mol. The van der Waals surface area contributed by atoms with Crippen LogP contribution < -0.4 is 5.32 Å². The molecule has 0 aliphatic heterocycles. The van der Waals surface area contributed by atoms with Crippen LogP contribution >= 0.6 is 0 Å². The fourth-order valence-electron chi connectivity index (χ4n) is 1.11. The van der Waals surface area contributed by atoms with E-state index >= 15 is 0 Å². The van der Waals surface area contributed by atoms with Gasteiger partial charge in [0.1, 0.15) is 5.76 Å². The van der Waals surface area contributed by atoms with Gasteiger partial charge >= 0.3 is 0 Å². The van der Waals surface area contributed by atoms with Crippen molar-refractivity contribution in [2.24, 2.45) is 0 Å². The van der Waals surface area contributed by atoms with Gasteiger partial charge in [0.15, 0.2) is 0 Å².